The molecule has 0 fully saturated rings. The number of nitrogens with one attached hydrogen (secondary N) is 1. The molecule has 6 heteroatoms. The first kappa shape index (κ1) is 12.9. The maximum atomic E-state index is 11.5. The quantitative estimate of drug-likeness (QED) is 0.823. The standard InChI is InChI=1S/C10H14ClN3O2/c1-6(2)8(15)4-14-10(16)7-3-13-9(11)5-12-7/h3,5-6,8,15H,4H2,1-2H3,(H,14,16). The number of aliphatic hydroxyl groups is 1. The van der Waals surface area contributed by atoms with Crippen molar-refractivity contribution in [1.82, 2.24) is 15.3 Å². The zero-order valence-electron chi connectivity index (χ0n) is 9.14. The number of hydrogen-bond acceptors (Lipinski definition) is 4. The van der Waals surface area contributed by atoms with E-state index in [9.17, 15) is 9.90 Å². The number of carbonyl (C=O) groups is 1. The Morgan fingerprint density at radius 2 is 2.19 bits per heavy atom. The molecule has 5 nitrogen and oxygen atoms in total. The van der Waals surface area contributed by atoms with Gasteiger partial charge in [0.1, 0.15) is 10.8 Å². The summed E-state index contributed by atoms with van der Waals surface area (Å²) in [6.07, 6.45) is 2.03. The Hall–Kier alpha value is -1.20. The van der Waals surface area contributed by atoms with Gasteiger partial charge < -0.3 is 10.4 Å². The summed E-state index contributed by atoms with van der Waals surface area (Å²) in [4.78, 5) is 19.1. The van der Waals surface area contributed by atoms with E-state index >= 15 is 0 Å². The summed E-state index contributed by atoms with van der Waals surface area (Å²) in [7, 11) is 0. The van der Waals surface area contributed by atoms with E-state index in [1.54, 1.807) is 0 Å². The van der Waals surface area contributed by atoms with Crippen molar-refractivity contribution in [3.05, 3.63) is 23.2 Å². The van der Waals surface area contributed by atoms with Gasteiger partial charge in [-0.15, -0.1) is 0 Å². The van der Waals surface area contributed by atoms with E-state index < -0.39 is 6.10 Å². The maximum absolute atomic E-state index is 11.5. The van der Waals surface area contributed by atoms with Crippen LogP contribution in [0, 0.1) is 5.92 Å². The second-order valence-electron chi connectivity index (χ2n) is 3.75. The van der Waals surface area contributed by atoms with Crippen LogP contribution < -0.4 is 5.32 Å². The Labute approximate surface area is 98.9 Å². The SMILES string of the molecule is CC(C)C(O)CNC(=O)c1cnc(Cl)cn1. The number of rotatable bonds is 4. The number of nitrogens with zero attached hydrogens (tertiary/aromatic N) is 2. The first-order valence-electron chi connectivity index (χ1n) is 4.94. The molecule has 88 valence electrons. The van der Waals surface area contributed by atoms with Crippen LogP contribution in [0.15, 0.2) is 12.4 Å². The lowest BCUT2D eigenvalue weighted by Crippen LogP contribution is -2.35. The van der Waals surface area contributed by atoms with Gasteiger partial charge in [-0.05, 0) is 5.92 Å². The van der Waals surface area contributed by atoms with Crippen molar-refractivity contribution in [2.45, 2.75) is 20.0 Å². The topological polar surface area (TPSA) is 75.1 Å². The minimum absolute atomic E-state index is 0.0941. The van der Waals surface area contributed by atoms with Gasteiger partial charge in [-0.3, -0.25) is 4.79 Å². The van der Waals surface area contributed by atoms with E-state index in [4.69, 9.17) is 11.6 Å². The molecule has 1 aromatic rings. The van der Waals surface area contributed by atoms with Gasteiger partial charge >= 0.3 is 0 Å². The van der Waals surface area contributed by atoms with Gasteiger partial charge in [-0.25, -0.2) is 9.97 Å². The van der Waals surface area contributed by atoms with Crippen LogP contribution in [0.4, 0.5) is 0 Å². The predicted octanol–water partition coefficient (Wildman–Crippen LogP) is 0.877. The van der Waals surface area contributed by atoms with Crippen molar-refractivity contribution < 1.29 is 9.90 Å². The predicted molar refractivity (Wildman–Crippen MR) is 60.2 cm³/mol. The van der Waals surface area contributed by atoms with Gasteiger partial charge in [0, 0.05) is 6.54 Å². The van der Waals surface area contributed by atoms with Gasteiger partial charge in [0.25, 0.3) is 5.91 Å². The fourth-order valence-electron chi connectivity index (χ4n) is 0.953. The number of halogens is 1. The zero-order valence-corrected chi connectivity index (χ0v) is 9.90. The fraction of sp³-hybridized carbons (Fsp3) is 0.500. The van der Waals surface area contributed by atoms with Crippen molar-refractivity contribution in [2.24, 2.45) is 5.92 Å². The molecular weight excluding hydrogens is 230 g/mol. The zero-order chi connectivity index (χ0) is 12.1. The van der Waals surface area contributed by atoms with Gasteiger partial charge in [0.05, 0.1) is 18.5 Å². The molecule has 16 heavy (non-hydrogen) atoms. The normalized spacial score (nSPS) is 12.6. The fourth-order valence-corrected chi connectivity index (χ4v) is 1.05. The molecule has 0 radical (unpaired) electrons. The minimum Gasteiger partial charge on any atom is -0.391 e. The Balaban J connectivity index is 2.50. The Morgan fingerprint density at radius 3 is 2.69 bits per heavy atom. The number of aliphatic hydroxyl groups excluding tert-OH is 1. The second kappa shape index (κ2) is 5.77. The summed E-state index contributed by atoms with van der Waals surface area (Å²) in [6.45, 7) is 3.94. The molecule has 1 rings (SSSR count). The van der Waals surface area contributed by atoms with E-state index in [1.165, 1.54) is 12.4 Å². The van der Waals surface area contributed by atoms with E-state index in [1.807, 2.05) is 13.8 Å². The van der Waals surface area contributed by atoms with Gasteiger partial charge in [-0.1, -0.05) is 25.4 Å². The lowest BCUT2D eigenvalue weighted by molar-refractivity contribution is 0.0867. The number of hydrogen-bond donors (Lipinski definition) is 2. The number of amides is 1. The van der Waals surface area contributed by atoms with Crippen LogP contribution in [-0.4, -0.2) is 33.6 Å². The van der Waals surface area contributed by atoms with Crippen LogP contribution in [0.2, 0.25) is 5.15 Å². The van der Waals surface area contributed by atoms with Crippen molar-refractivity contribution in [3.63, 3.8) is 0 Å². The first-order valence-corrected chi connectivity index (χ1v) is 5.32. The van der Waals surface area contributed by atoms with Crippen LogP contribution in [0.3, 0.4) is 0 Å². The highest BCUT2D eigenvalue weighted by Crippen LogP contribution is 2.02. The summed E-state index contributed by atoms with van der Waals surface area (Å²) in [6, 6.07) is 0. The third-order valence-corrected chi connectivity index (χ3v) is 2.29. The minimum atomic E-state index is -0.566. The third kappa shape index (κ3) is 3.75. The molecule has 1 atom stereocenters. The molecular formula is C10H14ClN3O2. The summed E-state index contributed by atoms with van der Waals surface area (Å²) >= 11 is 5.54. The smallest absolute Gasteiger partial charge is 0.271 e. The highest BCUT2D eigenvalue weighted by molar-refractivity contribution is 6.29. The van der Waals surface area contributed by atoms with Gasteiger partial charge in [0.2, 0.25) is 0 Å². The molecule has 0 aliphatic carbocycles. The average molecular weight is 244 g/mol. The van der Waals surface area contributed by atoms with E-state index in [0.717, 1.165) is 0 Å². The molecule has 1 amide bonds. The van der Waals surface area contributed by atoms with Crippen molar-refractivity contribution in [2.75, 3.05) is 6.54 Å². The van der Waals surface area contributed by atoms with Crippen LogP contribution in [0.5, 0.6) is 0 Å². The lowest BCUT2D eigenvalue weighted by Gasteiger charge is -2.14. The Kier molecular flexibility index (Phi) is 4.64. The van der Waals surface area contributed by atoms with Crippen LogP contribution >= 0.6 is 11.6 Å². The monoisotopic (exact) mass is 243 g/mol. The third-order valence-electron chi connectivity index (χ3n) is 2.09. The molecule has 0 bridgehead atoms. The summed E-state index contributed by atoms with van der Waals surface area (Å²) in [5, 5.41) is 12.3. The lowest BCUT2D eigenvalue weighted by atomic mass is 10.1. The molecule has 0 spiro atoms. The molecule has 1 aromatic heterocycles. The molecule has 1 unspecified atom stereocenters. The van der Waals surface area contributed by atoms with Gasteiger partial charge in [0.15, 0.2) is 0 Å². The number of carbonyl (C=O) groups excluding carboxylic acids is 1. The van der Waals surface area contributed by atoms with Gasteiger partial charge in [-0.2, -0.15) is 0 Å². The molecule has 0 saturated heterocycles. The number of aromatic nitrogens is 2. The van der Waals surface area contributed by atoms with Crippen LogP contribution in [0.1, 0.15) is 24.3 Å². The molecule has 0 aliphatic heterocycles. The summed E-state index contributed by atoms with van der Waals surface area (Å²) in [5.41, 5.74) is 0.181. The van der Waals surface area contributed by atoms with Crippen molar-refractivity contribution in [1.29, 1.82) is 0 Å². The van der Waals surface area contributed by atoms with Crippen LogP contribution in [0.25, 0.3) is 0 Å². The Morgan fingerprint density at radius 1 is 1.50 bits per heavy atom. The van der Waals surface area contributed by atoms with Crippen molar-refractivity contribution >= 4 is 17.5 Å². The van der Waals surface area contributed by atoms with E-state index in [2.05, 4.69) is 15.3 Å². The summed E-state index contributed by atoms with van der Waals surface area (Å²) in [5.74, 6) is -0.277. The highest BCUT2D eigenvalue weighted by atomic mass is 35.5. The molecule has 0 aliphatic rings. The highest BCUT2D eigenvalue weighted by Gasteiger charge is 2.12. The second-order valence-corrected chi connectivity index (χ2v) is 4.13. The van der Waals surface area contributed by atoms with Crippen molar-refractivity contribution in [3.8, 4) is 0 Å². The first-order chi connectivity index (χ1) is 7.50. The molecule has 0 aromatic carbocycles. The van der Waals surface area contributed by atoms with E-state index in [0.29, 0.717) is 0 Å². The largest absolute Gasteiger partial charge is 0.391 e. The van der Waals surface area contributed by atoms with Crippen LogP contribution in [-0.2, 0) is 0 Å². The average Bonchev–Trinajstić information content (AvgIpc) is 2.26. The summed E-state index contributed by atoms with van der Waals surface area (Å²) < 4.78 is 0. The maximum Gasteiger partial charge on any atom is 0.271 e. The Bertz CT molecular complexity index is 354. The molecule has 2 N–H and O–H groups in total. The van der Waals surface area contributed by atoms with E-state index in [-0.39, 0.29) is 29.2 Å². The molecule has 1 heterocycles. The molecule has 0 saturated carbocycles.